The number of furan rings is 1. The van der Waals surface area contributed by atoms with Gasteiger partial charge >= 0.3 is 0 Å². The molecule has 0 unspecified atom stereocenters. The second-order valence-electron chi connectivity index (χ2n) is 14.1. The Labute approximate surface area is 307 Å². The van der Waals surface area contributed by atoms with E-state index in [1.54, 1.807) is 0 Å². The summed E-state index contributed by atoms with van der Waals surface area (Å²) < 4.78 is 7.21. The molecule has 0 saturated carbocycles. The second kappa shape index (κ2) is 11.8. The minimum Gasteiger partial charge on any atom is -0.453 e. The van der Waals surface area contributed by atoms with E-state index in [4.69, 9.17) is 4.42 Å². The number of benzene rings is 9. The fraction of sp³-hybridized carbons (Fsp3) is 0.0196. The Morgan fingerprint density at radius 3 is 1.94 bits per heavy atom. The zero-order chi connectivity index (χ0) is 34.9. The van der Waals surface area contributed by atoms with Crippen LogP contribution in [0.4, 0.5) is 17.1 Å². The van der Waals surface area contributed by atoms with E-state index in [-0.39, 0.29) is 0 Å². The van der Waals surface area contributed by atoms with Gasteiger partial charge in [0, 0.05) is 27.7 Å². The van der Waals surface area contributed by atoms with Gasteiger partial charge in [-0.05, 0) is 109 Å². The molecule has 0 aliphatic heterocycles. The van der Waals surface area contributed by atoms with Gasteiger partial charge in [-0.3, -0.25) is 0 Å². The molecule has 9 aromatic carbocycles. The molecular formula is C51H33NO. The highest BCUT2D eigenvalue weighted by molar-refractivity contribution is 6.20. The van der Waals surface area contributed by atoms with E-state index in [1.165, 1.54) is 54.9 Å². The van der Waals surface area contributed by atoms with Crippen LogP contribution >= 0.6 is 0 Å². The number of hydrogen-bond donors (Lipinski definition) is 0. The number of rotatable bonds is 5. The average Bonchev–Trinajstić information content (AvgIpc) is 3.79. The first-order chi connectivity index (χ1) is 26.3. The highest BCUT2D eigenvalue weighted by atomic mass is 16.3. The molecule has 2 nitrogen and oxygen atoms in total. The molecule has 1 aliphatic carbocycles. The van der Waals surface area contributed by atoms with Crippen LogP contribution in [0.5, 0.6) is 0 Å². The van der Waals surface area contributed by atoms with Gasteiger partial charge < -0.3 is 9.32 Å². The van der Waals surface area contributed by atoms with E-state index in [1.807, 2.05) is 0 Å². The minimum absolute atomic E-state index is 0.871. The maximum Gasteiger partial charge on any atom is 0.159 e. The quantitative estimate of drug-likeness (QED) is 0.181. The van der Waals surface area contributed by atoms with E-state index in [0.717, 1.165) is 56.5 Å². The average molecular weight is 676 g/mol. The van der Waals surface area contributed by atoms with Crippen molar-refractivity contribution in [3.05, 3.63) is 199 Å². The van der Waals surface area contributed by atoms with Gasteiger partial charge in [0.15, 0.2) is 5.58 Å². The van der Waals surface area contributed by atoms with Gasteiger partial charge in [0.05, 0.1) is 5.69 Å². The SMILES string of the molecule is c1ccc(-c2ccc(N(c3ccc4c(c3)Cc3ccccc3-4)c3cccc4c3oc3c(-c5ccc6ccccc6c5)c5ccccc5cc34)cc2)cc1. The van der Waals surface area contributed by atoms with Crippen LogP contribution in [0.1, 0.15) is 11.1 Å². The van der Waals surface area contributed by atoms with E-state index in [2.05, 4.69) is 193 Å². The highest BCUT2D eigenvalue weighted by Crippen LogP contribution is 2.48. The predicted molar refractivity (Wildman–Crippen MR) is 223 cm³/mol. The van der Waals surface area contributed by atoms with Crippen LogP contribution in [0.15, 0.2) is 192 Å². The van der Waals surface area contributed by atoms with Crippen molar-refractivity contribution in [2.75, 3.05) is 4.90 Å². The maximum atomic E-state index is 7.21. The molecule has 1 aliphatic rings. The van der Waals surface area contributed by atoms with Crippen molar-refractivity contribution in [2.24, 2.45) is 0 Å². The molecule has 2 heteroatoms. The van der Waals surface area contributed by atoms with Crippen molar-refractivity contribution in [1.29, 1.82) is 0 Å². The molecular weight excluding hydrogens is 643 g/mol. The van der Waals surface area contributed by atoms with Crippen molar-refractivity contribution in [3.63, 3.8) is 0 Å². The Kier molecular flexibility index (Phi) is 6.65. The Hall–Kier alpha value is -6.90. The van der Waals surface area contributed by atoms with Crippen molar-refractivity contribution in [1.82, 2.24) is 0 Å². The summed E-state index contributed by atoms with van der Waals surface area (Å²) in [6, 6.07) is 68.1. The Balaban J connectivity index is 1.15. The fourth-order valence-electron chi connectivity index (χ4n) is 8.52. The van der Waals surface area contributed by atoms with Gasteiger partial charge in [-0.2, -0.15) is 0 Å². The predicted octanol–water partition coefficient (Wildman–Crippen LogP) is 14.3. The third-order valence-corrected chi connectivity index (χ3v) is 11.0. The third kappa shape index (κ3) is 4.80. The fourth-order valence-corrected chi connectivity index (χ4v) is 8.52. The molecule has 11 rings (SSSR count). The first-order valence-electron chi connectivity index (χ1n) is 18.3. The lowest BCUT2D eigenvalue weighted by Gasteiger charge is -2.26. The van der Waals surface area contributed by atoms with Gasteiger partial charge in [0.25, 0.3) is 0 Å². The standard InChI is InChI=1S/C51H33NO/c1-2-11-33(12-3-1)35-23-25-41(26-24-35)52(42-27-28-44-40(31-42)30-37-15-6-8-17-43(37)44)48-20-10-19-46-47-32-38-16-7-9-18-45(38)49(51(47)53-50(46)48)39-22-21-34-13-4-5-14-36(34)29-39/h1-29,31-32H,30H2. The van der Waals surface area contributed by atoms with E-state index >= 15 is 0 Å². The van der Waals surface area contributed by atoms with Gasteiger partial charge in [0.1, 0.15) is 5.58 Å². The Morgan fingerprint density at radius 1 is 0.377 bits per heavy atom. The van der Waals surface area contributed by atoms with Crippen LogP contribution in [0.2, 0.25) is 0 Å². The van der Waals surface area contributed by atoms with Crippen LogP contribution in [0.3, 0.4) is 0 Å². The number of para-hydroxylation sites is 1. The number of fused-ring (bicyclic) bond motifs is 8. The normalized spacial score (nSPS) is 12.1. The van der Waals surface area contributed by atoms with Gasteiger partial charge in [-0.1, -0.05) is 146 Å². The molecule has 10 aromatic rings. The zero-order valence-corrected chi connectivity index (χ0v) is 29.0. The number of hydrogen-bond acceptors (Lipinski definition) is 2. The van der Waals surface area contributed by atoms with Crippen LogP contribution < -0.4 is 4.90 Å². The van der Waals surface area contributed by atoms with Crippen LogP contribution in [0.25, 0.3) is 76.9 Å². The minimum atomic E-state index is 0.871. The summed E-state index contributed by atoms with van der Waals surface area (Å²) in [6.45, 7) is 0. The molecule has 0 radical (unpaired) electrons. The van der Waals surface area contributed by atoms with Crippen molar-refractivity contribution < 1.29 is 4.42 Å². The topological polar surface area (TPSA) is 16.4 Å². The lowest BCUT2D eigenvalue weighted by Crippen LogP contribution is -2.10. The monoisotopic (exact) mass is 675 g/mol. The lowest BCUT2D eigenvalue weighted by molar-refractivity contribution is 0.670. The van der Waals surface area contributed by atoms with Crippen LogP contribution in [-0.2, 0) is 6.42 Å². The molecule has 53 heavy (non-hydrogen) atoms. The molecule has 0 bridgehead atoms. The second-order valence-corrected chi connectivity index (χ2v) is 14.1. The maximum absolute atomic E-state index is 7.21. The molecule has 248 valence electrons. The Bertz CT molecular complexity index is 3030. The number of anilines is 3. The van der Waals surface area contributed by atoms with Gasteiger partial charge in [0.2, 0.25) is 0 Å². The smallest absolute Gasteiger partial charge is 0.159 e. The summed E-state index contributed by atoms with van der Waals surface area (Å²) in [5.41, 5.74) is 15.0. The summed E-state index contributed by atoms with van der Waals surface area (Å²) in [6.07, 6.45) is 0.927. The third-order valence-electron chi connectivity index (χ3n) is 11.0. The zero-order valence-electron chi connectivity index (χ0n) is 29.0. The molecule has 1 aromatic heterocycles. The van der Waals surface area contributed by atoms with Crippen molar-refractivity contribution in [2.45, 2.75) is 6.42 Å². The van der Waals surface area contributed by atoms with Crippen LogP contribution in [0, 0.1) is 0 Å². The van der Waals surface area contributed by atoms with Crippen molar-refractivity contribution >= 4 is 60.5 Å². The molecule has 0 fully saturated rings. The molecule has 0 spiro atoms. The van der Waals surface area contributed by atoms with E-state index < -0.39 is 0 Å². The van der Waals surface area contributed by atoms with Gasteiger partial charge in [-0.25, -0.2) is 0 Å². The summed E-state index contributed by atoms with van der Waals surface area (Å²) in [5.74, 6) is 0. The first kappa shape index (κ1) is 29.8. The van der Waals surface area contributed by atoms with Gasteiger partial charge in [-0.15, -0.1) is 0 Å². The Morgan fingerprint density at radius 2 is 1.06 bits per heavy atom. The molecule has 0 saturated heterocycles. The van der Waals surface area contributed by atoms with E-state index in [9.17, 15) is 0 Å². The summed E-state index contributed by atoms with van der Waals surface area (Å²) in [5, 5.41) is 7.04. The molecule has 1 heterocycles. The summed E-state index contributed by atoms with van der Waals surface area (Å²) in [4.78, 5) is 2.37. The highest BCUT2D eigenvalue weighted by Gasteiger charge is 2.25. The summed E-state index contributed by atoms with van der Waals surface area (Å²) in [7, 11) is 0. The molecule has 0 atom stereocenters. The van der Waals surface area contributed by atoms with Crippen LogP contribution in [-0.4, -0.2) is 0 Å². The lowest BCUT2D eigenvalue weighted by atomic mass is 9.94. The largest absolute Gasteiger partial charge is 0.453 e. The number of nitrogens with zero attached hydrogens (tertiary/aromatic N) is 1. The van der Waals surface area contributed by atoms with E-state index in [0.29, 0.717) is 0 Å². The molecule has 0 N–H and O–H groups in total. The van der Waals surface area contributed by atoms with Crippen molar-refractivity contribution in [3.8, 4) is 33.4 Å². The summed E-state index contributed by atoms with van der Waals surface area (Å²) >= 11 is 0. The first-order valence-corrected chi connectivity index (χ1v) is 18.3. The molecule has 0 amide bonds.